The molecule has 1 fully saturated rings. The van der Waals surface area contributed by atoms with E-state index in [1.807, 2.05) is 31.2 Å². The summed E-state index contributed by atoms with van der Waals surface area (Å²) in [5, 5.41) is 8.61. The Morgan fingerprint density at radius 3 is 2.65 bits per heavy atom. The van der Waals surface area contributed by atoms with Gasteiger partial charge in [0.1, 0.15) is 0 Å². The van der Waals surface area contributed by atoms with Gasteiger partial charge in [-0.3, -0.25) is 4.79 Å². The molecule has 3 N–H and O–H groups in total. The maximum atomic E-state index is 12.1. The largest absolute Gasteiger partial charge is 0.341 e. The minimum atomic E-state index is -0.363. The number of urea groups is 1. The van der Waals surface area contributed by atoms with Crippen molar-refractivity contribution in [1.29, 1.82) is 0 Å². The molecule has 1 aliphatic rings. The van der Waals surface area contributed by atoms with Gasteiger partial charge in [-0.15, -0.1) is 12.4 Å². The van der Waals surface area contributed by atoms with Crippen LogP contribution in [0.5, 0.6) is 0 Å². The van der Waals surface area contributed by atoms with Crippen molar-refractivity contribution in [2.24, 2.45) is 0 Å². The second-order valence-corrected chi connectivity index (χ2v) is 5.66. The van der Waals surface area contributed by atoms with Gasteiger partial charge in [0.25, 0.3) is 0 Å². The first kappa shape index (κ1) is 19.3. The van der Waals surface area contributed by atoms with E-state index in [2.05, 4.69) is 16.0 Å². The molecule has 3 amide bonds. The maximum Gasteiger partial charge on any atom is 0.319 e. The zero-order valence-corrected chi connectivity index (χ0v) is 14.4. The molecule has 0 radical (unpaired) electrons. The van der Waals surface area contributed by atoms with Crippen LogP contribution in [0.4, 0.5) is 10.5 Å². The lowest BCUT2D eigenvalue weighted by atomic mass is 10.1. The van der Waals surface area contributed by atoms with Crippen LogP contribution >= 0.6 is 12.4 Å². The molecule has 1 aromatic rings. The van der Waals surface area contributed by atoms with Gasteiger partial charge in [-0.05, 0) is 50.6 Å². The number of hydrogen-bond donors (Lipinski definition) is 3. The van der Waals surface area contributed by atoms with Gasteiger partial charge in [0, 0.05) is 18.8 Å². The first-order valence-corrected chi connectivity index (χ1v) is 7.64. The summed E-state index contributed by atoms with van der Waals surface area (Å²) < 4.78 is 0. The van der Waals surface area contributed by atoms with E-state index in [0.29, 0.717) is 0 Å². The Morgan fingerprint density at radius 2 is 2.00 bits per heavy atom. The summed E-state index contributed by atoms with van der Waals surface area (Å²) in [5.74, 6) is -0.0636. The van der Waals surface area contributed by atoms with Crippen LogP contribution in [0.3, 0.4) is 0 Å². The Labute approximate surface area is 143 Å². The second-order valence-electron chi connectivity index (χ2n) is 5.66. The fourth-order valence-electron chi connectivity index (χ4n) is 2.58. The van der Waals surface area contributed by atoms with Crippen LogP contribution in [0.2, 0.25) is 0 Å². The standard InChI is InChI=1S/C16H24N4O2.ClH/c1-12-4-3-5-13(10-12)19-16(22)18-11-15(21)20(2)14-6-8-17-9-7-14;/h3-5,10,14,17H,6-9,11H2,1-2H3,(H2,18,19,22);1H. The lowest BCUT2D eigenvalue weighted by Gasteiger charge is -2.31. The van der Waals surface area contributed by atoms with Crippen LogP contribution in [0.15, 0.2) is 24.3 Å². The number of anilines is 1. The monoisotopic (exact) mass is 340 g/mol. The lowest BCUT2D eigenvalue weighted by Crippen LogP contribution is -2.47. The third kappa shape index (κ3) is 6.08. The zero-order chi connectivity index (χ0) is 15.9. The average Bonchev–Trinajstić information content (AvgIpc) is 2.52. The molecular weight excluding hydrogens is 316 g/mol. The van der Waals surface area contributed by atoms with Crippen LogP contribution in [0.25, 0.3) is 0 Å². The molecule has 7 heteroatoms. The van der Waals surface area contributed by atoms with Crippen LogP contribution in [-0.2, 0) is 4.79 Å². The number of hydrogen-bond acceptors (Lipinski definition) is 3. The van der Waals surface area contributed by atoms with Crippen LogP contribution in [0.1, 0.15) is 18.4 Å². The number of piperidine rings is 1. The molecule has 2 rings (SSSR count). The van der Waals surface area contributed by atoms with E-state index in [4.69, 9.17) is 0 Å². The Bertz CT molecular complexity index is 533. The predicted molar refractivity (Wildman–Crippen MR) is 94.1 cm³/mol. The smallest absolute Gasteiger partial charge is 0.319 e. The number of likely N-dealkylation sites (N-methyl/N-ethyl adjacent to an activating group) is 1. The number of rotatable bonds is 4. The molecule has 128 valence electrons. The van der Waals surface area contributed by atoms with E-state index in [1.165, 1.54) is 0 Å². The van der Waals surface area contributed by atoms with Crippen molar-refractivity contribution in [3.05, 3.63) is 29.8 Å². The van der Waals surface area contributed by atoms with E-state index in [-0.39, 0.29) is 36.9 Å². The molecule has 1 saturated heterocycles. The van der Waals surface area contributed by atoms with Crippen molar-refractivity contribution in [2.75, 3.05) is 32.0 Å². The fourth-order valence-corrected chi connectivity index (χ4v) is 2.58. The number of carbonyl (C=O) groups excluding carboxylic acids is 2. The molecule has 0 saturated carbocycles. The molecular formula is C16H25ClN4O2. The highest BCUT2D eigenvalue weighted by Crippen LogP contribution is 2.10. The number of aryl methyl sites for hydroxylation is 1. The van der Waals surface area contributed by atoms with Crippen molar-refractivity contribution in [3.8, 4) is 0 Å². The van der Waals surface area contributed by atoms with E-state index >= 15 is 0 Å². The molecule has 0 spiro atoms. The van der Waals surface area contributed by atoms with Crippen molar-refractivity contribution >= 4 is 30.0 Å². The van der Waals surface area contributed by atoms with Gasteiger partial charge < -0.3 is 20.9 Å². The van der Waals surface area contributed by atoms with E-state index < -0.39 is 0 Å². The van der Waals surface area contributed by atoms with E-state index in [1.54, 1.807) is 11.9 Å². The number of halogens is 1. The Morgan fingerprint density at radius 1 is 1.30 bits per heavy atom. The first-order valence-electron chi connectivity index (χ1n) is 7.64. The second kappa shape index (κ2) is 9.37. The minimum absolute atomic E-state index is 0. The Hall–Kier alpha value is -1.79. The summed E-state index contributed by atoms with van der Waals surface area (Å²) in [6, 6.07) is 7.42. The molecule has 6 nitrogen and oxygen atoms in total. The third-order valence-electron chi connectivity index (χ3n) is 3.93. The normalized spacial score (nSPS) is 14.5. The minimum Gasteiger partial charge on any atom is -0.341 e. The first-order chi connectivity index (χ1) is 10.6. The fraction of sp³-hybridized carbons (Fsp3) is 0.500. The van der Waals surface area contributed by atoms with Crippen molar-refractivity contribution in [3.63, 3.8) is 0 Å². The summed E-state index contributed by atoms with van der Waals surface area (Å²) >= 11 is 0. The molecule has 1 aromatic carbocycles. The molecule has 0 bridgehead atoms. The SMILES string of the molecule is Cc1cccc(NC(=O)NCC(=O)N(C)C2CCNCC2)c1.Cl. The van der Waals surface area contributed by atoms with Gasteiger partial charge in [0.05, 0.1) is 6.54 Å². The molecule has 0 aromatic heterocycles. The molecule has 23 heavy (non-hydrogen) atoms. The van der Waals surface area contributed by atoms with Gasteiger partial charge in [0.15, 0.2) is 0 Å². The number of carbonyl (C=O) groups is 2. The van der Waals surface area contributed by atoms with Gasteiger partial charge in [0.2, 0.25) is 5.91 Å². The zero-order valence-electron chi connectivity index (χ0n) is 13.6. The highest BCUT2D eigenvalue weighted by molar-refractivity contribution is 5.92. The topological polar surface area (TPSA) is 73.5 Å². The lowest BCUT2D eigenvalue weighted by molar-refractivity contribution is -0.131. The summed E-state index contributed by atoms with van der Waals surface area (Å²) in [4.78, 5) is 25.7. The maximum absolute atomic E-state index is 12.1. The van der Waals surface area contributed by atoms with Crippen LogP contribution in [0, 0.1) is 6.92 Å². The average molecular weight is 341 g/mol. The Kier molecular flexibility index (Phi) is 7.85. The Balaban J connectivity index is 0.00000264. The third-order valence-corrected chi connectivity index (χ3v) is 3.93. The van der Waals surface area contributed by atoms with Gasteiger partial charge >= 0.3 is 6.03 Å². The summed E-state index contributed by atoms with van der Waals surface area (Å²) in [6.07, 6.45) is 1.91. The molecule has 0 atom stereocenters. The quantitative estimate of drug-likeness (QED) is 0.781. The molecule has 1 heterocycles. The summed E-state index contributed by atoms with van der Waals surface area (Å²) in [5.41, 5.74) is 1.79. The van der Waals surface area contributed by atoms with Crippen LogP contribution < -0.4 is 16.0 Å². The number of nitrogens with one attached hydrogen (secondary N) is 3. The predicted octanol–water partition coefficient (Wildman–Crippen LogP) is 1.75. The van der Waals surface area contributed by atoms with Gasteiger partial charge in [-0.1, -0.05) is 12.1 Å². The van der Waals surface area contributed by atoms with Gasteiger partial charge in [-0.2, -0.15) is 0 Å². The number of benzene rings is 1. The molecule has 1 aliphatic heterocycles. The molecule has 0 unspecified atom stereocenters. The van der Waals surface area contributed by atoms with Crippen molar-refractivity contribution in [1.82, 2.24) is 15.5 Å². The van der Waals surface area contributed by atoms with Crippen molar-refractivity contribution in [2.45, 2.75) is 25.8 Å². The highest BCUT2D eigenvalue weighted by atomic mass is 35.5. The highest BCUT2D eigenvalue weighted by Gasteiger charge is 2.21. The van der Waals surface area contributed by atoms with Crippen molar-refractivity contribution < 1.29 is 9.59 Å². The summed E-state index contributed by atoms with van der Waals surface area (Å²) in [6.45, 7) is 3.84. The van der Waals surface area contributed by atoms with Crippen LogP contribution in [-0.4, -0.2) is 49.6 Å². The summed E-state index contributed by atoms with van der Waals surface area (Å²) in [7, 11) is 1.80. The molecule has 0 aliphatic carbocycles. The van der Waals surface area contributed by atoms with E-state index in [9.17, 15) is 9.59 Å². The van der Waals surface area contributed by atoms with Gasteiger partial charge in [-0.25, -0.2) is 4.79 Å². The number of amides is 3. The van der Waals surface area contributed by atoms with E-state index in [0.717, 1.165) is 37.2 Å². The number of nitrogens with zero attached hydrogens (tertiary/aromatic N) is 1.